The molecular weight excluding hydrogens is 856 g/mol. The number of allylic oxidation sites excluding steroid dienone is 2. The summed E-state index contributed by atoms with van der Waals surface area (Å²) in [6.45, 7) is 9.84. The van der Waals surface area contributed by atoms with Crippen molar-refractivity contribution in [1.82, 2.24) is 14.2 Å². The summed E-state index contributed by atoms with van der Waals surface area (Å²) in [4.78, 5) is 29.3. The number of nitrogens with zero attached hydrogens (tertiary/aromatic N) is 3. The van der Waals surface area contributed by atoms with Gasteiger partial charge >= 0.3 is 5.69 Å². The van der Waals surface area contributed by atoms with E-state index in [4.69, 9.17) is 32.7 Å². The Morgan fingerprint density at radius 1 is 0.848 bits per heavy atom. The molecule has 2 bridgehead atoms. The van der Waals surface area contributed by atoms with Crippen LogP contribution in [0.4, 0.5) is 0 Å². The van der Waals surface area contributed by atoms with E-state index in [1.807, 2.05) is 78.9 Å². The Kier molecular flexibility index (Phi) is 17.1. The second kappa shape index (κ2) is 23.1. The first kappa shape index (κ1) is 48.8. The Balaban J connectivity index is 1.19. The zero-order valence-electron chi connectivity index (χ0n) is 38.9. The van der Waals surface area contributed by atoms with Gasteiger partial charge in [0.05, 0.1) is 46.0 Å². The molecule has 0 amide bonds. The highest BCUT2D eigenvalue weighted by atomic mass is 31.2. The van der Waals surface area contributed by atoms with Gasteiger partial charge in [0.25, 0.3) is 14.1 Å². The van der Waals surface area contributed by atoms with Crippen molar-refractivity contribution >= 4 is 8.53 Å². The number of hydrogen-bond donors (Lipinski definition) is 1. The number of unbranched alkanes of at least 4 members (excludes halogenated alkanes) is 1. The van der Waals surface area contributed by atoms with Crippen LogP contribution in [0.2, 0.25) is 0 Å². The fraction of sp³-hybridized carbons (Fsp3) is 0.481. The first-order chi connectivity index (χ1) is 32.0. The van der Waals surface area contributed by atoms with E-state index in [0.717, 1.165) is 29.7 Å². The first-order valence-corrected chi connectivity index (χ1v) is 24.2. The van der Waals surface area contributed by atoms with Crippen LogP contribution in [0.25, 0.3) is 0 Å². The van der Waals surface area contributed by atoms with Crippen LogP contribution in [-0.4, -0.2) is 79.2 Å². The summed E-state index contributed by atoms with van der Waals surface area (Å²) in [5, 5.41) is 9.43. The average Bonchev–Trinajstić information content (AvgIpc) is 4.07. The van der Waals surface area contributed by atoms with Gasteiger partial charge in [-0.15, -0.1) is 0 Å². The van der Waals surface area contributed by atoms with Gasteiger partial charge in [-0.3, -0.25) is 14.3 Å². The Bertz CT molecular complexity index is 2380. The van der Waals surface area contributed by atoms with E-state index in [2.05, 4.69) is 67.4 Å². The number of ether oxygens (including phenoxy) is 5. The molecule has 3 aromatic carbocycles. The van der Waals surface area contributed by atoms with Crippen molar-refractivity contribution in [1.29, 1.82) is 5.26 Å². The molecular formula is C52H63N4O9P. The average molecular weight is 919 g/mol. The summed E-state index contributed by atoms with van der Waals surface area (Å²) in [5.41, 5.74) is 0.324. The van der Waals surface area contributed by atoms with E-state index in [1.165, 1.54) is 23.6 Å². The van der Waals surface area contributed by atoms with Gasteiger partial charge in [0.2, 0.25) is 0 Å². The molecule has 1 N–H and O–H groups in total. The minimum absolute atomic E-state index is 0.00433. The minimum Gasteiger partial charge on any atom is -0.497 e. The summed E-state index contributed by atoms with van der Waals surface area (Å²) < 4.78 is 48.2. The standard InChI is InChI=1S/C52H63N4O9P/c1-36(2)56(37(3)4)66(63-29-13-27-53)65-47-32-49(55-33-40(50(57)54-51(55)58)14-9-8-12-28-61-34-41-31-38-17-18-39(41)30-38)64-48(47)35-62-52(42-15-10-7-11-16-42,43-19-23-45(59-5)24-20-43)44-21-25-46(60-6)26-22-44/h7,10-11,15-26,33,36-39,41,47-49H,8,12-13,28-32,34-35H2,1-6H3,(H,54,57,58)/t38-,39+,41-,47+,48-,49-,66?/m1/s1. The molecule has 1 aromatic heterocycles. The van der Waals surface area contributed by atoms with Crippen LogP contribution >= 0.6 is 8.53 Å². The number of benzene rings is 3. The van der Waals surface area contributed by atoms with Gasteiger partial charge in [0.15, 0.2) is 0 Å². The third kappa shape index (κ3) is 11.5. The van der Waals surface area contributed by atoms with Crippen LogP contribution in [0.5, 0.6) is 11.5 Å². The number of nitriles is 1. The first-order valence-electron chi connectivity index (χ1n) is 23.0. The molecule has 2 heterocycles. The molecule has 1 unspecified atom stereocenters. The van der Waals surface area contributed by atoms with Gasteiger partial charge in [-0.2, -0.15) is 5.26 Å². The van der Waals surface area contributed by atoms with E-state index in [-0.39, 0.29) is 43.7 Å². The molecule has 1 saturated heterocycles. The number of rotatable bonds is 22. The Morgan fingerprint density at radius 2 is 1.52 bits per heavy atom. The molecule has 13 nitrogen and oxygen atoms in total. The lowest BCUT2D eigenvalue weighted by Crippen LogP contribution is -2.39. The molecule has 4 aromatic rings. The van der Waals surface area contributed by atoms with Crippen LogP contribution in [0.15, 0.2) is 107 Å². The topological polar surface area (TPSA) is 146 Å². The second-order valence-corrected chi connectivity index (χ2v) is 19.0. The predicted octanol–water partition coefficient (Wildman–Crippen LogP) is 8.87. The van der Waals surface area contributed by atoms with Gasteiger partial charge in [0.1, 0.15) is 35.0 Å². The SMILES string of the molecule is COc1ccc(C(OC[C@H]2O[C@@H](n3cc(C#CCCCOC[C@H]4C[C@@H]5C=C[C@H]4C5)c(=O)[nH]c3=O)C[C@@H]2OP(OCCC#N)N(C(C)C)C(C)C)(c2ccccc2)c2ccc(OC)cc2)cc1. The highest BCUT2D eigenvalue weighted by Crippen LogP contribution is 2.51. The van der Waals surface area contributed by atoms with Crippen LogP contribution in [-0.2, 0) is 28.9 Å². The fourth-order valence-corrected chi connectivity index (χ4v) is 11.1. The smallest absolute Gasteiger partial charge is 0.330 e. The zero-order valence-corrected chi connectivity index (χ0v) is 39.8. The molecule has 14 heteroatoms. The number of H-pyrrole nitrogens is 1. The lowest BCUT2D eigenvalue weighted by atomic mass is 9.80. The fourth-order valence-electron chi connectivity index (χ4n) is 9.35. The third-order valence-electron chi connectivity index (χ3n) is 12.5. The molecule has 2 fully saturated rings. The monoisotopic (exact) mass is 918 g/mol. The maximum Gasteiger partial charge on any atom is 0.330 e. The predicted molar refractivity (Wildman–Crippen MR) is 254 cm³/mol. The maximum absolute atomic E-state index is 13.7. The number of fused-ring (bicyclic) bond motifs is 2. The molecule has 1 saturated carbocycles. The van der Waals surface area contributed by atoms with Crippen molar-refractivity contribution in [2.75, 3.05) is 40.6 Å². The van der Waals surface area contributed by atoms with Crippen LogP contribution < -0.4 is 20.7 Å². The lowest BCUT2D eigenvalue weighted by molar-refractivity contribution is -0.0925. The summed E-state index contributed by atoms with van der Waals surface area (Å²) >= 11 is 0. The van der Waals surface area contributed by atoms with Gasteiger partial charge in [0, 0.05) is 44.3 Å². The number of aromatic amines is 1. The summed E-state index contributed by atoms with van der Waals surface area (Å²) in [6, 6.07) is 27.8. The minimum atomic E-state index is -1.72. The molecule has 350 valence electrons. The van der Waals surface area contributed by atoms with E-state index in [1.54, 1.807) is 14.2 Å². The summed E-state index contributed by atoms with van der Waals surface area (Å²) in [5.74, 6) is 9.46. The highest BCUT2D eigenvalue weighted by Gasteiger charge is 2.45. The van der Waals surface area contributed by atoms with Crippen molar-refractivity contribution < 1.29 is 32.7 Å². The van der Waals surface area contributed by atoms with E-state index >= 15 is 0 Å². The van der Waals surface area contributed by atoms with Gasteiger partial charge in [-0.25, -0.2) is 9.46 Å². The number of methoxy groups -OCH3 is 2. The molecule has 7 atom stereocenters. The zero-order chi connectivity index (χ0) is 46.6. The lowest BCUT2D eigenvalue weighted by Gasteiger charge is -2.39. The van der Waals surface area contributed by atoms with E-state index < -0.39 is 43.8 Å². The van der Waals surface area contributed by atoms with Crippen molar-refractivity contribution in [3.05, 3.63) is 140 Å². The summed E-state index contributed by atoms with van der Waals surface area (Å²) in [6.07, 6.45) is 8.01. The molecule has 1 aliphatic heterocycles. The second-order valence-electron chi connectivity index (χ2n) is 17.6. The maximum atomic E-state index is 13.7. The quantitative estimate of drug-likeness (QED) is 0.0265. The molecule has 66 heavy (non-hydrogen) atoms. The Morgan fingerprint density at radius 3 is 2.11 bits per heavy atom. The van der Waals surface area contributed by atoms with Crippen LogP contribution in [0.1, 0.15) is 94.7 Å². The Labute approximate surface area is 389 Å². The van der Waals surface area contributed by atoms with E-state index in [9.17, 15) is 14.9 Å². The van der Waals surface area contributed by atoms with Gasteiger partial charge in [-0.05, 0) is 106 Å². The van der Waals surface area contributed by atoms with Crippen molar-refractivity contribution in [3.63, 3.8) is 0 Å². The molecule has 2 aliphatic carbocycles. The van der Waals surface area contributed by atoms with Gasteiger partial charge in [-0.1, -0.05) is 78.6 Å². The molecule has 3 aliphatic rings. The van der Waals surface area contributed by atoms with E-state index in [0.29, 0.717) is 42.3 Å². The number of hydrogen-bond acceptors (Lipinski definition) is 11. The Hall–Kier alpha value is -5.08. The van der Waals surface area contributed by atoms with Gasteiger partial charge < -0.3 is 32.7 Å². The highest BCUT2D eigenvalue weighted by molar-refractivity contribution is 7.44. The van der Waals surface area contributed by atoms with Crippen molar-refractivity contribution in [3.8, 4) is 29.4 Å². The molecule has 7 rings (SSSR count). The largest absolute Gasteiger partial charge is 0.497 e. The summed E-state index contributed by atoms with van der Waals surface area (Å²) in [7, 11) is 1.54. The number of aromatic nitrogens is 2. The van der Waals surface area contributed by atoms with Crippen molar-refractivity contribution in [2.45, 2.75) is 102 Å². The molecule has 0 radical (unpaired) electrons. The normalized spacial score (nSPS) is 21.6. The molecule has 0 spiro atoms. The van der Waals surface area contributed by atoms with Crippen LogP contribution in [0, 0.1) is 40.9 Å². The van der Waals surface area contributed by atoms with Crippen LogP contribution in [0.3, 0.4) is 0 Å². The van der Waals surface area contributed by atoms with Crippen molar-refractivity contribution in [2.24, 2.45) is 17.8 Å². The third-order valence-corrected chi connectivity index (χ3v) is 14.7. The number of nitrogens with one attached hydrogen (secondary N) is 1.